The van der Waals surface area contributed by atoms with Crippen LogP contribution in [0.15, 0.2) is 176 Å². The Morgan fingerprint density at radius 3 is 1.00 bits per heavy atom. The highest BCUT2D eigenvalue weighted by molar-refractivity contribution is 5.77. The number of hydrogen-bond donors (Lipinski definition) is 8. The fraction of sp³-hybridized carbons (Fsp3) is 0.605. The van der Waals surface area contributed by atoms with Crippen LogP contribution in [0.5, 0.6) is 0 Å². The molecule has 20 atom stereocenters. The lowest BCUT2D eigenvalue weighted by Gasteiger charge is -2.48. The zero-order valence-corrected chi connectivity index (χ0v) is 67.1. The van der Waals surface area contributed by atoms with Gasteiger partial charge in [-0.1, -0.05) is 183 Å². The molecule has 7 rings (SSSR count). The van der Waals surface area contributed by atoms with Crippen molar-refractivity contribution in [2.45, 2.75) is 284 Å². The van der Waals surface area contributed by atoms with Gasteiger partial charge in [0, 0.05) is 14.2 Å². The van der Waals surface area contributed by atoms with Crippen molar-refractivity contribution in [2.24, 2.45) is 16.2 Å². The fourth-order valence-electron chi connectivity index (χ4n) is 14.9. The van der Waals surface area contributed by atoms with Crippen molar-refractivity contribution in [2.75, 3.05) is 34.0 Å². The normalized spacial score (nSPS) is 34.0. The molecule has 0 spiro atoms. The molecular formula is C86H122O24. The Kier molecular flexibility index (Phi) is 34.2. The van der Waals surface area contributed by atoms with Gasteiger partial charge in [-0.3, -0.25) is 0 Å². The average molecular weight is 1540 g/mol. The maximum Gasteiger partial charge on any atom is 0.338 e. The molecule has 4 saturated heterocycles. The van der Waals surface area contributed by atoms with Crippen LogP contribution >= 0.6 is 0 Å². The van der Waals surface area contributed by atoms with Crippen molar-refractivity contribution in [3.63, 3.8) is 0 Å². The summed E-state index contributed by atoms with van der Waals surface area (Å²) < 4.78 is 68.8. The molecule has 8 N–H and O–H groups in total. The lowest BCUT2D eigenvalue weighted by atomic mass is 9.72. The summed E-state index contributed by atoms with van der Waals surface area (Å²) in [5.41, 5.74) is 13.5. The second-order valence-electron chi connectivity index (χ2n) is 31.9. The molecule has 4 aliphatic heterocycles. The van der Waals surface area contributed by atoms with Crippen molar-refractivity contribution >= 4 is 24.2 Å². The third-order valence-corrected chi connectivity index (χ3v) is 21.6. The number of hydrogen-bond acceptors (Lipinski definition) is 24. The van der Waals surface area contributed by atoms with Crippen LogP contribution in [0.4, 0.5) is 0 Å². The standard InChI is InChI=1S/C86H122O24/c1-49(33-36-58-55(7)30-21-42-84(58,10)11)24-18-27-52(4)39-45-101-77(96)74-71(99-16)63(89)68(94)82(109-74)105-70-61(48-87)104-81(67(93)62(70)88)106-73-65(91)69(95)83(110-76(73)79(98)103-47-41-54(6)29-20-26-51(3)35-38-60-57(9)32-23-44-86(60,14)15)107-72-64(90)66(92)80(100-17)108-75(72)78(97)102-46-40-53(5)28-19-25-50(2)34-37-59-56(8)31-22-43-85(59,12)13/h18-20,24-29,33-41,48,61-76,80-83,88-95H,21-23,30-32,42-47H2,1-17H3/b27-18+,28-19+,29-20+,36-33+,37-34+,38-35+,49-24-,50-25-,51-26-,52-39+,53-40+,54-41+. The number of aliphatic hydroxyl groups is 8. The zero-order chi connectivity index (χ0) is 81.1. The Labute approximate surface area is 649 Å². The maximum atomic E-state index is 14.5. The molecule has 0 aromatic heterocycles. The smallest absolute Gasteiger partial charge is 0.338 e. The Morgan fingerprint density at radius 1 is 0.391 bits per heavy atom. The van der Waals surface area contributed by atoms with Gasteiger partial charge in [-0.05, 0) is 171 Å². The van der Waals surface area contributed by atoms with Crippen LogP contribution in [0.2, 0.25) is 0 Å². The second-order valence-corrected chi connectivity index (χ2v) is 31.9. The first-order chi connectivity index (χ1) is 51.9. The molecule has 0 aromatic rings. The molecular weight excluding hydrogens is 1420 g/mol. The molecule has 4 heterocycles. The maximum absolute atomic E-state index is 14.5. The van der Waals surface area contributed by atoms with Gasteiger partial charge in [0.25, 0.3) is 0 Å². The van der Waals surface area contributed by atoms with Crippen molar-refractivity contribution in [1.82, 2.24) is 0 Å². The Bertz CT molecular complexity index is 3660. The fourth-order valence-corrected chi connectivity index (χ4v) is 14.9. The SMILES string of the molecule is COC1OC(C(=O)OC/C=C(C)/C=C/C=C(C)\C=C\C2=C(C)CCCC2(C)C)C(OC2OC(C(=O)OC/C=C(C)/C=C/C=C(C)\C=C\C3=C(C)CCCC3(C)C)C(OC3OC(C=O)C(OC4OC(C(=O)OC/C=C(C)/C=C/C=C(C)\C=C\C5=C(C)CCCC5(C)C)C(OC)C(O)C4O)C(O)C3O)C(O)C2O)C(O)C1O. The zero-order valence-electron chi connectivity index (χ0n) is 67.1. The van der Waals surface area contributed by atoms with Gasteiger partial charge in [0.05, 0.1) is 0 Å². The number of methoxy groups -OCH3 is 2. The molecule has 610 valence electrons. The number of carbonyl (C=O) groups excluding carboxylic acids is 4. The first kappa shape index (κ1) is 90.7. The molecule has 0 aromatic carbocycles. The van der Waals surface area contributed by atoms with Crippen LogP contribution < -0.4 is 0 Å². The Morgan fingerprint density at radius 2 is 0.682 bits per heavy atom. The quantitative estimate of drug-likeness (QED) is 0.0143. The van der Waals surface area contributed by atoms with Crippen molar-refractivity contribution in [3.05, 3.63) is 176 Å². The molecule has 24 heteroatoms. The monoisotopic (exact) mass is 1540 g/mol. The molecule has 0 radical (unpaired) electrons. The molecule has 110 heavy (non-hydrogen) atoms. The summed E-state index contributed by atoms with van der Waals surface area (Å²) in [7, 11) is 2.30. The van der Waals surface area contributed by atoms with Gasteiger partial charge in [-0.15, -0.1) is 0 Å². The molecule has 20 unspecified atom stereocenters. The minimum absolute atomic E-state index is 0.0577. The molecule has 0 amide bonds. The third-order valence-electron chi connectivity index (χ3n) is 21.6. The van der Waals surface area contributed by atoms with Crippen LogP contribution in [-0.2, 0) is 76.0 Å². The van der Waals surface area contributed by atoms with Gasteiger partial charge >= 0.3 is 17.9 Å². The van der Waals surface area contributed by atoms with Gasteiger partial charge in [0.2, 0.25) is 0 Å². The van der Waals surface area contributed by atoms with E-state index < -0.39 is 147 Å². The van der Waals surface area contributed by atoms with Gasteiger partial charge in [0.15, 0.2) is 49.8 Å². The van der Waals surface area contributed by atoms with Crippen molar-refractivity contribution in [3.8, 4) is 0 Å². The molecule has 24 nitrogen and oxygen atoms in total. The Balaban J connectivity index is 1.06. The summed E-state index contributed by atoms with van der Waals surface area (Å²) in [6.07, 6.45) is 3.85. The summed E-state index contributed by atoms with van der Waals surface area (Å²) in [4.78, 5) is 55.2. The second kappa shape index (κ2) is 41.5. The van der Waals surface area contributed by atoms with E-state index >= 15 is 0 Å². The van der Waals surface area contributed by atoms with E-state index in [1.807, 2.05) is 69.4 Å². The average Bonchev–Trinajstić information content (AvgIpc) is 0.763. The number of aliphatic hydroxyl groups excluding tert-OH is 8. The summed E-state index contributed by atoms with van der Waals surface area (Å²) in [5, 5.41) is 92.9. The lowest BCUT2D eigenvalue weighted by Crippen LogP contribution is -2.68. The number of ether oxygens (including phenoxy) is 12. The van der Waals surface area contributed by atoms with E-state index in [0.717, 1.165) is 87.9 Å². The van der Waals surface area contributed by atoms with Gasteiger partial charge in [-0.2, -0.15) is 0 Å². The molecule has 3 aliphatic carbocycles. The number of allylic oxidation sites excluding steroid dienone is 27. The largest absolute Gasteiger partial charge is 0.459 e. The summed E-state index contributed by atoms with van der Waals surface area (Å²) in [6.45, 7) is 30.3. The molecule has 4 fully saturated rings. The van der Waals surface area contributed by atoms with Crippen LogP contribution in [0, 0.1) is 16.2 Å². The van der Waals surface area contributed by atoms with Gasteiger partial charge in [-0.25, -0.2) is 14.4 Å². The highest BCUT2D eigenvalue weighted by Gasteiger charge is 2.58. The first-order valence-electron chi connectivity index (χ1n) is 38.2. The lowest BCUT2D eigenvalue weighted by molar-refractivity contribution is -0.377. The van der Waals surface area contributed by atoms with E-state index in [1.165, 1.54) is 39.9 Å². The highest BCUT2D eigenvalue weighted by Crippen LogP contribution is 2.44. The van der Waals surface area contributed by atoms with Crippen LogP contribution in [-0.4, -0.2) is 222 Å². The summed E-state index contributed by atoms with van der Waals surface area (Å²) >= 11 is 0. The topological polar surface area (TPSA) is 341 Å². The van der Waals surface area contributed by atoms with E-state index in [0.29, 0.717) is 11.1 Å². The Hall–Kier alpha value is -6.50. The van der Waals surface area contributed by atoms with E-state index in [9.17, 15) is 60.0 Å². The number of esters is 3. The first-order valence-corrected chi connectivity index (χ1v) is 38.2. The molecule has 0 bridgehead atoms. The van der Waals surface area contributed by atoms with E-state index in [-0.39, 0.29) is 35.7 Å². The molecule has 7 aliphatic rings. The van der Waals surface area contributed by atoms with Crippen LogP contribution in [0.3, 0.4) is 0 Å². The summed E-state index contributed by atoms with van der Waals surface area (Å²) in [5.74, 6) is -3.47. The van der Waals surface area contributed by atoms with E-state index in [2.05, 4.69) is 98.8 Å². The van der Waals surface area contributed by atoms with Gasteiger partial charge in [0.1, 0.15) is 99.2 Å². The van der Waals surface area contributed by atoms with Crippen molar-refractivity contribution < 1.29 is 117 Å². The predicted octanol–water partition coefficient (Wildman–Crippen LogP) is 10.0. The molecule has 0 saturated carbocycles. The van der Waals surface area contributed by atoms with Crippen LogP contribution in [0.25, 0.3) is 0 Å². The predicted molar refractivity (Wildman–Crippen MR) is 412 cm³/mol. The number of carbonyl (C=O) groups is 4. The minimum atomic E-state index is -2.32. The third kappa shape index (κ3) is 24.3. The van der Waals surface area contributed by atoms with Gasteiger partial charge < -0.3 is 102 Å². The number of aldehydes is 1. The number of rotatable bonds is 30. The summed E-state index contributed by atoms with van der Waals surface area (Å²) in [6, 6.07) is 0. The minimum Gasteiger partial charge on any atom is -0.459 e. The highest BCUT2D eigenvalue weighted by atomic mass is 16.8. The van der Waals surface area contributed by atoms with Crippen molar-refractivity contribution in [1.29, 1.82) is 0 Å². The van der Waals surface area contributed by atoms with E-state index in [4.69, 9.17) is 56.8 Å². The van der Waals surface area contributed by atoms with E-state index in [1.54, 1.807) is 45.1 Å². The van der Waals surface area contributed by atoms with Crippen LogP contribution in [0.1, 0.15) is 162 Å².